The van der Waals surface area contributed by atoms with E-state index in [2.05, 4.69) is 17.2 Å². The van der Waals surface area contributed by atoms with Crippen molar-refractivity contribution in [3.8, 4) is 0 Å². The lowest BCUT2D eigenvalue weighted by molar-refractivity contribution is -0.0776. The molecule has 0 aromatic carbocycles. The molecule has 17 heavy (non-hydrogen) atoms. The first-order valence-corrected chi connectivity index (χ1v) is 5.51. The second-order valence-corrected chi connectivity index (χ2v) is 4.83. The van der Waals surface area contributed by atoms with Gasteiger partial charge in [0, 0.05) is 25.8 Å². The van der Waals surface area contributed by atoms with Crippen molar-refractivity contribution in [3.05, 3.63) is 18.3 Å². The highest BCUT2D eigenvalue weighted by molar-refractivity contribution is 5.22. The smallest absolute Gasteiger partial charge is 0.249 e. The van der Waals surface area contributed by atoms with Gasteiger partial charge in [0.1, 0.15) is 5.67 Å². The summed E-state index contributed by atoms with van der Waals surface area (Å²) < 4.78 is 42.5. The predicted molar refractivity (Wildman–Crippen MR) is 56.5 cm³/mol. The minimum atomic E-state index is -2.84. The molecule has 1 aromatic heterocycles. The van der Waals surface area contributed by atoms with Gasteiger partial charge in [0.2, 0.25) is 5.92 Å². The van der Waals surface area contributed by atoms with Crippen molar-refractivity contribution >= 4 is 0 Å². The summed E-state index contributed by atoms with van der Waals surface area (Å²) in [6.45, 7) is 5.09. The summed E-state index contributed by atoms with van der Waals surface area (Å²) in [5.74, 6) is -3.79. The van der Waals surface area contributed by atoms with Gasteiger partial charge in [0.25, 0.3) is 0 Å². The van der Waals surface area contributed by atoms with E-state index in [0.29, 0.717) is 11.4 Å². The van der Waals surface area contributed by atoms with Crippen molar-refractivity contribution in [2.45, 2.75) is 43.7 Å². The topological polar surface area (TPSA) is 30.7 Å². The molecule has 2 atom stereocenters. The number of hydrogen-bond donors (Lipinski definition) is 0. The molecule has 2 unspecified atom stereocenters. The van der Waals surface area contributed by atoms with Gasteiger partial charge in [-0.1, -0.05) is 5.21 Å². The van der Waals surface area contributed by atoms with E-state index in [4.69, 9.17) is 0 Å². The Bertz CT molecular complexity index is 406. The highest BCUT2D eigenvalue weighted by Gasteiger charge is 2.50. The fourth-order valence-electron chi connectivity index (χ4n) is 2.44. The molecule has 0 bridgehead atoms. The zero-order valence-electron chi connectivity index (χ0n) is 9.88. The molecule has 1 aliphatic rings. The van der Waals surface area contributed by atoms with Gasteiger partial charge in [0.05, 0.1) is 11.4 Å². The van der Waals surface area contributed by atoms with Crippen LogP contribution in [-0.4, -0.2) is 26.6 Å². The molecule has 1 saturated carbocycles. The van der Waals surface area contributed by atoms with E-state index in [1.165, 1.54) is 4.68 Å². The molecule has 0 spiro atoms. The lowest BCUT2D eigenvalue weighted by atomic mass is 9.74. The van der Waals surface area contributed by atoms with Crippen LogP contribution in [0, 0.1) is 13.8 Å². The van der Waals surface area contributed by atoms with Crippen LogP contribution in [0.1, 0.15) is 36.6 Å². The van der Waals surface area contributed by atoms with Gasteiger partial charge in [-0.2, -0.15) is 0 Å². The molecule has 0 amide bonds. The molecule has 1 fully saturated rings. The van der Waals surface area contributed by atoms with Crippen LogP contribution in [0.25, 0.3) is 0 Å². The van der Waals surface area contributed by atoms with Crippen LogP contribution < -0.4 is 0 Å². The van der Waals surface area contributed by atoms with Crippen LogP contribution >= 0.6 is 0 Å². The molecule has 1 aliphatic carbocycles. The lowest BCUT2D eigenvalue weighted by Crippen LogP contribution is -2.41. The number of aromatic nitrogens is 3. The summed E-state index contributed by atoms with van der Waals surface area (Å²) in [4.78, 5) is 0. The summed E-state index contributed by atoms with van der Waals surface area (Å²) in [5.41, 5.74) is -0.968. The number of halogens is 3. The van der Waals surface area contributed by atoms with E-state index in [1.54, 1.807) is 14.0 Å². The van der Waals surface area contributed by atoms with E-state index < -0.39 is 30.4 Å². The van der Waals surface area contributed by atoms with E-state index in [-0.39, 0.29) is 6.42 Å². The predicted octanol–water partition coefficient (Wildman–Crippen LogP) is 2.57. The Balaban J connectivity index is 2.41. The number of hydrogen-bond acceptors (Lipinski definition) is 2. The van der Waals surface area contributed by atoms with Crippen LogP contribution in [0.15, 0.2) is 0 Å². The molecule has 0 aliphatic heterocycles. The van der Waals surface area contributed by atoms with E-state index >= 15 is 0 Å². The van der Waals surface area contributed by atoms with Crippen LogP contribution in [-0.2, 0) is 7.05 Å². The zero-order valence-corrected chi connectivity index (χ0v) is 9.88. The fourth-order valence-corrected chi connectivity index (χ4v) is 2.44. The second-order valence-electron chi connectivity index (χ2n) is 4.83. The molecule has 1 heterocycles. The number of aryl methyl sites for hydroxylation is 2. The minimum absolute atomic E-state index is 0.241. The summed E-state index contributed by atoms with van der Waals surface area (Å²) >= 11 is 0. The Morgan fingerprint density at radius 1 is 1.35 bits per heavy atom. The molecule has 1 aromatic rings. The maximum atomic E-state index is 14.3. The average molecular weight is 246 g/mol. The van der Waals surface area contributed by atoms with Gasteiger partial charge in [-0.05, 0) is 20.3 Å². The highest BCUT2D eigenvalue weighted by atomic mass is 19.3. The number of alkyl halides is 3. The molecule has 0 N–H and O–H groups in total. The van der Waals surface area contributed by atoms with Crippen LogP contribution in [0.2, 0.25) is 0 Å². The Labute approximate surface area is 98.0 Å². The molecule has 3 nitrogen and oxygen atoms in total. The number of rotatable bonds is 1. The van der Waals surface area contributed by atoms with Gasteiger partial charge in [-0.25, -0.2) is 13.2 Å². The Kier molecular flexibility index (Phi) is 2.71. The third-order valence-electron chi connectivity index (χ3n) is 3.41. The molecule has 0 saturated heterocycles. The largest absolute Gasteiger partial charge is 0.252 e. The molecule has 1 radical (unpaired) electrons. The molecule has 2 rings (SSSR count). The van der Waals surface area contributed by atoms with Gasteiger partial charge in [0.15, 0.2) is 0 Å². The van der Waals surface area contributed by atoms with E-state index in [1.807, 2.05) is 0 Å². The minimum Gasteiger partial charge on any atom is -0.252 e. The van der Waals surface area contributed by atoms with Crippen molar-refractivity contribution in [1.82, 2.24) is 15.0 Å². The number of nitrogens with zero attached hydrogens (tertiary/aromatic N) is 3. The second kappa shape index (κ2) is 3.71. The third kappa shape index (κ3) is 2.17. The Morgan fingerprint density at radius 3 is 2.53 bits per heavy atom. The molecular formula is C11H15F3N3. The summed E-state index contributed by atoms with van der Waals surface area (Å²) in [7, 11) is 1.58. The maximum absolute atomic E-state index is 14.3. The van der Waals surface area contributed by atoms with Gasteiger partial charge >= 0.3 is 0 Å². The van der Waals surface area contributed by atoms with E-state index in [9.17, 15) is 13.2 Å². The van der Waals surface area contributed by atoms with Crippen molar-refractivity contribution in [2.75, 3.05) is 0 Å². The highest BCUT2D eigenvalue weighted by Crippen LogP contribution is 2.49. The quantitative estimate of drug-likeness (QED) is 0.762. The van der Waals surface area contributed by atoms with Crippen LogP contribution in [0.5, 0.6) is 0 Å². The average Bonchev–Trinajstić information content (AvgIpc) is 2.52. The van der Waals surface area contributed by atoms with Crippen molar-refractivity contribution in [2.24, 2.45) is 7.05 Å². The summed E-state index contributed by atoms with van der Waals surface area (Å²) in [6, 6.07) is 0. The van der Waals surface area contributed by atoms with Crippen molar-refractivity contribution in [3.63, 3.8) is 0 Å². The Hall–Kier alpha value is -1.07. The van der Waals surface area contributed by atoms with Crippen molar-refractivity contribution < 1.29 is 13.2 Å². The van der Waals surface area contributed by atoms with Gasteiger partial charge in [-0.15, -0.1) is 5.10 Å². The fraction of sp³-hybridized carbons (Fsp3) is 0.727. The Morgan fingerprint density at radius 2 is 2.00 bits per heavy atom. The van der Waals surface area contributed by atoms with Gasteiger partial charge in [-0.3, -0.25) is 4.68 Å². The molecule has 95 valence electrons. The van der Waals surface area contributed by atoms with Crippen molar-refractivity contribution in [1.29, 1.82) is 0 Å². The first kappa shape index (κ1) is 12.4. The molecular weight excluding hydrogens is 231 g/mol. The first-order valence-electron chi connectivity index (χ1n) is 5.51. The summed E-state index contributed by atoms with van der Waals surface area (Å²) in [5, 5.41) is 7.51. The summed E-state index contributed by atoms with van der Waals surface area (Å²) in [6.07, 6.45) is -1.22. The first-order chi connectivity index (χ1) is 7.73. The lowest BCUT2D eigenvalue weighted by Gasteiger charge is -2.38. The van der Waals surface area contributed by atoms with E-state index in [0.717, 1.165) is 0 Å². The third-order valence-corrected chi connectivity index (χ3v) is 3.41. The maximum Gasteiger partial charge on any atom is 0.249 e. The normalized spacial score (nSPS) is 32.7. The van der Waals surface area contributed by atoms with Crippen LogP contribution in [0.3, 0.4) is 0 Å². The monoisotopic (exact) mass is 246 g/mol. The standard InChI is InChI=1S/C11H15F3N3/c1-7-9(17(3)16-15-7)8-6-11(13,14)5-4-10(8,2)12/h8H,2,4-6H2,1,3H3. The van der Waals surface area contributed by atoms with Crippen LogP contribution in [0.4, 0.5) is 13.2 Å². The zero-order chi connectivity index (χ0) is 12.8. The van der Waals surface area contributed by atoms with Gasteiger partial charge < -0.3 is 0 Å². The SMILES string of the molecule is [CH2]C1(F)CCC(F)(F)CC1c1c(C)nnn1C. The molecule has 6 heteroatoms.